The van der Waals surface area contributed by atoms with Gasteiger partial charge in [-0.15, -0.1) is 0 Å². The number of thioether (sulfide) groups is 1. The van der Waals surface area contributed by atoms with Crippen molar-refractivity contribution in [2.24, 2.45) is 18.9 Å². The van der Waals surface area contributed by atoms with Crippen LogP contribution in [0.3, 0.4) is 0 Å². The lowest BCUT2D eigenvalue weighted by atomic mass is 9.92. The van der Waals surface area contributed by atoms with Crippen LogP contribution in [-0.2, 0) is 13.6 Å². The average Bonchev–Trinajstić information content (AvgIpc) is 3.10. The standard InChI is InChI=1S/C20H27N7O2S/c1-13-10-14(2)12-26(11-13)19-23-16-15(17(28)24-20(29)25(16)3)27(19)8-5-9-30-18-21-6-4-7-22-18/h4,6-7,13-14H,5,8-12H2,1-3H3,(H,24,28,29)/t13-,14+. The van der Waals surface area contributed by atoms with Crippen molar-refractivity contribution in [3.05, 3.63) is 39.3 Å². The molecule has 1 aliphatic heterocycles. The van der Waals surface area contributed by atoms with Crippen LogP contribution in [0.2, 0.25) is 0 Å². The van der Waals surface area contributed by atoms with E-state index in [0.29, 0.717) is 29.5 Å². The van der Waals surface area contributed by atoms with Crippen LogP contribution in [0.25, 0.3) is 11.2 Å². The smallest absolute Gasteiger partial charge is 0.329 e. The fourth-order valence-electron chi connectivity index (χ4n) is 4.25. The van der Waals surface area contributed by atoms with Gasteiger partial charge in [0, 0.05) is 44.8 Å². The third-order valence-corrected chi connectivity index (χ3v) is 6.40. The second kappa shape index (κ2) is 8.63. The van der Waals surface area contributed by atoms with Gasteiger partial charge >= 0.3 is 5.69 Å². The molecule has 4 heterocycles. The molecule has 0 amide bonds. The number of imidazole rings is 1. The third-order valence-electron chi connectivity index (χ3n) is 5.44. The van der Waals surface area contributed by atoms with Gasteiger partial charge in [0.2, 0.25) is 5.95 Å². The zero-order valence-electron chi connectivity index (χ0n) is 17.5. The first kappa shape index (κ1) is 20.6. The molecule has 0 radical (unpaired) electrons. The number of H-pyrrole nitrogens is 1. The summed E-state index contributed by atoms with van der Waals surface area (Å²) in [5.74, 6) is 2.69. The molecule has 1 aliphatic rings. The molecule has 3 aromatic rings. The number of rotatable bonds is 6. The van der Waals surface area contributed by atoms with Crippen LogP contribution in [-0.4, -0.2) is 47.9 Å². The highest BCUT2D eigenvalue weighted by molar-refractivity contribution is 7.99. The van der Waals surface area contributed by atoms with Crippen LogP contribution in [0, 0.1) is 11.8 Å². The van der Waals surface area contributed by atoms with Gasteiger partial charge in [0.15, 0.2) is 16.3 Å². The molecule has 1 N–H and O–H groups in total. The number of aryl methyl sites for hydroxylation is 2. The lowest BCUT2D eigenvalue weighted by Crippen LogP contribution is -2.40. The van der Waals surface area contributed by atoms with E-state index in [9.17, 15) is 9.59 Å². The summed E-state index contributed by atoms with van der Waals surface area (Å²) in [7, 11) is 1.64. The maximum absolute atomic E-state index is 12.7. The van der Waals surface area contributed by atoms with Gasteiger partial charge in [-0.25, -0.2) is 14.8 Å². The maximum Gasteiger partial charge on any atom is 0.329 e. The molecule has 0 saturated carbocycles. The van der Waals surface area contributed by atoms with Gasteiger partial charge in [0.25, 0.3) is 5.56 Å². The van der Waals surface area contributed by atoms with E-state index in [2.05, 4.69) is 33.7 Å². The number of aromatic amines is 1. The molecule has 1 saturated heterocycles. The quantitative estimate of drug-likeness (QED) is 0.363. The van der Waals surface area contributed by atoms with E-state index >= 15 is 0 Å². The second-order valence-electron chi connectivity index (χ2n) is 8.14. The molecular formula is C20H27N7O2S. The topological polar surface area (TPSA) is 102 Å². The molecule has 3 aromatic heterocycles. The largest absolute Gasteiger partial charge is 0.342 e. The van der Waals surface area contributed by atoms with Crippen molar-refractivity contribution >= 4 is 28.9 Å². The van der Waals surface area contributed by atoms with Gasteiger partial charge in [0.05, 0.1) is 0 Å². The molecule has 0 bridgehead atoms. The number of hydrogen-bond donors (Lipinski definition) is 1. The summed E-state index contributed by atoms with van der Waals surface area (Å²) in [5.41, 5.74) is 0.0625. The third kappa shape index (κ3) is 4.14. The van der Waals surface area contributed by atoms with E-state index in [1.807, 2.05) is 4.57 Å². The second-order valence-corrected chi connectivity index (χ2v) is 9.20. The van der Waals surface area contributed by atoms with E-state index in [0.717, 1.165) is 36.4 Å². The van der Waals surface area contributed by atoms with Gasteiger partial charge in [-0.2, -0.15) is 4.98 Å². The lowest BCUT2D eigenvalue weighted by Gasteiger charge is -2.35. The Hall–Kier alpha value is -2.62. The highest BCUT2D eigenvalue weighted by atomic mass is 32.2. The van der Waals surface area contributed by atoms with Crippen molar-refractivity contribution in [1.29, 1.82) is 0 Å². The normalized spacial score (nSPS) is 19.5. The van der Waals surface area contributed by atoms with E-state index < -0.39 is 5.69 Å². The average molecular weight is 430 g/mol. The minimum Gasteiger partial charge on any atom is -0.342 e. The fourth-order valence-corrected chi connectivity index (χ4v) is 4.98. The van der Waals surface area contributed by atoms with Crippen LogP contribution in [0.5, 0.6) is 0 Å². The first-order valence-electron chi connectivity index (χ1n) is 10.3. The Labute approximate surface area is 178 Å². The first-order chi connectivity index (χ1) is 14.4. The lowest BCUT2D eigenvalue weighted by molar-refractivity contribution is 0.351. The summed E-state index contributed by atoms with van der Waals surface area (Å²) in [6.07, 6.45) is 5.47. The molecule has 30 heavy (non-hydrogen) atoms. The Kier molecular flexibility index (Phi) is 5.94. The van der Waals surface area contributed by atoms with Crippen LogP contribution in [0.4, 0.5) is 5.95 Å². The Morgan fingerprint density at radius 1 is 1.17 bits per heavy atom. The van der Waals surface area contributed by atoms with Crippen molar-refractivity contribution in [2.45, 2.75) is 38.4 Å². The Balaban J connectivity index is 1.66. The van der Waals surface area contributed by atoms with Crippen LogP contribution < -0.4 is 16.1 Å². The molecule has 160 valence electrons. The number of hydrogen-bond acceptors (Lipinski definition) is 7. The number of nitrogens with zero attached hydrogens (tertiary/aromatic N) is 6. The van der Waals surface area contributed by atoms with Gasteiger partial charge in [-0.3, -0.25) is 14.3 Å². The van der Waals surface area contributed by atoms with Crippen LogP contribution in [0.15, 0.2) is 33.2 Å². The SMILES string of the molecule is C[C@@H]1C[C@H](C)CN(c2nc3c(c(=O)[nH]c(=O)n3C)n2CCCSc2ncccn2)C1. The first-order valence-corrected chi connectivity index (χ1v) is 11.3. The summed E-state index contributed by atoms with van der Waals surface area (Å²) >= 11 is 1.59. The molecule has 0 unspecified atom stereocenters. The van der Waals surface area contributed by atoms with Gasteiger partial charge in [-0.1, -0.05) is 25.6 Å². The monoisotopic (exact) mass is 429 g/mol. The van der Waals surface area contributed by atoms with Gasteiger partial charge in [-0.05, 0) is 30.7 Å². The van der Waals surface area contributed by atoms with Crippen molar-refractivity contribution in [2.75, 3.05) is 23.7 Å². The van der Waals surface area contributed by atoms with E-state index in [-0.39, 0.29) is 5.56 Å². The molecule has 0 aromatic carbocycles. The van der Waals surface area contributed by atoms with Gasteiger partial charge in [0.1, 0.15) is 0 Å². The van der Waals surface area contributed by atoms with Crippen molar-refractivity contribution in [3.63, 3.8) is 0 Å². The molecule has 10 heteroatoms. The van der Waals surface area contributed by atoms with E-state index in [4.69, 9.17) is 4.98 Å². The molecular weight excluding hydrogens is 402 g/mol. The Morgan fingerprint density at radius 2 is 1.87 bits per heavy atom. The van der Waals surface area contributed by atoms with Crippen molar-refractivity contribution in [1.82, 2.24) is 29.1 Å². The molecule has 4 rings (SSSR count). The highest BCUT2D eigenvalue weighted by Crippen LogP contribution is 2.28. The molecule has 0 aliphatic carbocycles. The summed E-state index contributed by atoms with van der Waals surface area (Å²) in [6.45, 7) is 6.91. The zero-order valence-corrected chi connectivity index (χ0v) is 18.4. The van der Waals surface area contributed by atoms with E-state index in [1.54, 1.807) is 37.3 Å². The Bertz CT molecular complexity index is 1130. The predicted molar refractivity (Wildman–Crippen MR) is 118 cm³/mol. The number of nitrogens with one attached hydrogen (secondary N) is 1. The molecule has 0 spiro atoms. The summed E-state index contributed by atoms with van der Waals surface area (Å²) in [6, 6.07) is 1.80. The van der Waals surface area contributed by atoms with Crippen LogP contribution in [0.1, 0.15) is 26.7 Å². The fraction of sp³-hybridized carbons (Fsp3) is 0.550. The summed E-state index contributed by atoms with van der Waals surface area (Å²) in [4.78, 5) is 42.7. The molecule has 9 nitrogen and oxygen atoms in total. The zero-order chi connectivity index (χ0) is 21.3. The summed E-state index contributed by atoms with van der Waals surface area (Å²) < 4.78 is 3.39. The van der Waals surface area contributed by atoms with Crippen molar-refractivity contribution < 1.29 is 0 Å². The maximum atomic E-state index is 12.7. The minimum atomic E-state index is -0.444. The van der Waals surface area contributed by atoms with Gasteiger partial charge < -0.3 is 9.47 Å². The number of anilines is 1. The summed E-state index contributed by atoms with van der Waals surface area (Å²) in [5, 5.41) is 0.743. The van der Waals surface area contributed by atoms with E-state index in [1.165, 1.54) is 11.0 Å². The molecule has 2 atom stereocenters. The van der Waals surface area contributed by atoms with Crippen LogP contribution >= 0.6 is 11.8 Å². The molecule has 1 fully saturated rings. The number of piperidine rings is 1. The highest BCUT2D eigenvalue weighted by Gasteiger charge is 2.27. The number of aromatic nitrogens is 6. The Morgan fingerprint density at radius 3 is 2.57 bits per heavy atom. The predicted octanol–water partition coefficient (Wildman–Crippen LogP) is 1.88. The van der Waals surface area contributed by atoms with Crippen molar-refractivity contribution in [3.8, 4) is 0 Å². The number of fused-ring (bicyclic) bond motifs is 1. The minimum absolute atomic E-state index is 0.385.